The van der Waals surface area contributed by atoms with E-state index < -0.39 is 59.4 Å². The van der Waals surface area contributed by atoms with Gasteiger partial charge in [-0.1, -0.05) is 18.2 Å². The molecule has 1 aromatic heterocycles. The van der Waals surface area contributed by atoms with E-state index in [1.165, 1.54) is 25.2 Å². The van der Waals surface area contributed by atoms with Crippen molar-refractivity contribution in [2.75, 3.05) is 30.5 Å². The Morgan fingerprint density at radius 2 is 2.00 bits per heavy atom. The summed E-state index contributed by atoms with van der Waals surface area (Å²) in [5, 5.41) is 0. The Hall–Kier alpha value is -4.28. The third kappa shape index (κ3) is 4.50. The number of amides is 1. The van der Waals surface area contributed by atoms with Crippen molar-refractivity contribution in [2.45, 2.75) is 6.50 Å². The first-order chi connectivity index (χ1) is 16.8. The summed E-state index contributed by atoms with van der Waals surface area (Å²) in [5.74, 6) is -2.36. The van der Waals surface area contributed by atoms with Crippen molar-refractivity contribution in [1.82, 2.24) is 9.97 Å². The Kier molecular flexibility index (Phi) is 4.53. The SMILES string of the molecule is [2H]C1=NC(=NC([2H])([2H])c2ccccc2F)C(=C(N)c2nc(N)c(N(C)C(=O)OC)c(N)n2)C([2H])=C1[2H]. The number of anilines is 3. The van der Waals surface area contributed by atoms with Crippen LogP contribution in [0.25, 0.3) is 5.70 Å². The van der Waals surface area contributed by atoms with E-state index in [4.69, 9.17) is 24.1 Å². The summed E-state index contributed by atoms with van der Waals surface area (Å²) in [4.78, 5) is 28.4. The van der Waals surface area contributed by atoms with Crippen LogP contribution in [-0.2, 0) is 11.2 Å². The number of halogens is 1. The predicted octanol–water partition coefficient (Wildman–Crippen LogP) is 1.89. The quantitative estimate of drug-likeness (QED) is 0.669. The van der Waals surface area contributed by atoms with Gasteiger partial charge in [-0.2, -0.15) is 0 Å². The largest absolute Gasteiger partial charge is 0.452 e. The molecule has 0 spiro atoms. The van der Waals surface area contributed by atoms with E-state index in [0.29, 0.717) is 0 Å². The zero-order valence-electron chi connectivity index (χ0n) is 21.5. The Morgan fingerprint density at radius 1 is 1.32 bits per heavy atom. The fourth-order valence-corrected chi connectivity index (χ4v) is 2.51. The summed E-state index contributed by atoms with van der Waals surface area (Å²) in [6.45, 7) is -2.69. The van der Waals surface area contributed by atoms with E-state index in [1.807, 2.05) is 0 Å². The minimum absolute atomic E-state index is 0.0777. The Balaban J connectivity index is 2.23. The number of amidine groups is 1. The molecule has 2 aromatic rings. The van der Waals surface area contributed by atoms with Crippen LogP contribution in [0.1, 0.15) is 18.2 Å². The summed E-state index contributed by atoms with van der Waals surface area (Å²) in [6, 6.07) is 3.73. The molecule has 11 heteroatoms. The van der Waals surface area contributed by atoms with Gasteiger partial charge in [0.05, 0.1) is 26.2 Å². The normalized spacial score (nSPS) is 19.5. The van der Waals surface area contributed by atoms with Gasteiger partial charge in [0.25, 0.3) is 0 Å². The van der Waals surface area contributed by atoms with E-state index in [2.05, 4.69) is 24.7 Å². The Bertz CT molecular complexity index is 1350. The van der Waals surface area contributed by atoms with E-state index in [-0.39, 0.29) is 23.1 Å². The fourth-order valence-electron chi connectivity index (χ4n) is 2.51. The van der Waals surface area contributed by atoms with Gasteiger partial charge in [0.1, 0.15) is 11.5 Å². The lowest BCUT2D eigenvalue weighted by molar-refractivity contribution is 0.180. The van der Waals surface area contributed by atoms with Crippen LogP contribution in [0, 0.1) is 5.82 Å². The molecule has 0 saturated carbocycles. The van der Waals surface area contributed by atoms with E-state index in [0.717, 1.165) is 18.1 Å². The van der Waals surface area contributed by atoms with Crippen molar-refractivity contribution in [2.24, 2.45) is 15.7 Å². The number of benzene rings is 1. The molecule has 0 atom stereocenters. The van der Waals surface area contributed by atoms with Crippen LogP contribution in [0.3, 0.4) is 0 Å². The highest BCUT2D eigenvalue weighted by Crippen LogP contribution is 2.29. The van der Waals surface area contributed by atoms with Crippen LogP contribution in [0.2, 0.25) is 0 Å². The zero-order valence-corrected chi connectivity index (χ0v) is 16.5. The molecule has 0 aliphatic carbocycles. The number of nitrogens with zero attached hydrogens (tertiary/aromatic N) is 5. The molecule has 31 heavy (non-hydrogen) atoms. The molecule has 3 rings (SSSR count). The van der Waals surface area contributed by atoms with E-state index in [9.17, 15) is 9.18 Å². The average Bonchev–Trinajstić information content (AvgIpc) is 2.81. The molecule has 0 bridgehead atoms. The minimum Gasteiger partial charge on any atom is -0.452 e. The maximum Gasteiger partial charge on any atom is 0.413 e. The van der Waals surface area contributed by atoms with Gasteiger partial charge in [0, 0.05) is 24.4 Å². The lowest BCUT2D eigenvalue weighted by Crippen LogP contribution is -2.28. The number of dihydropyridines is 1. The molecule has 0 fully saturated rings. The van der Waals surface area contributed by atoms with Crippen molar-refractivity contribution in [1.29, 1.82) is 0 Å². The summed E-state index contributed by atoms with van der Waals surface area (Å²) >= 11 is 0. The second kappa shape index (κ2) is 9.03. The zero-order chi connectivity index (χ0) is 26.9. The standard InChI is InChI=1S/C20H21FN8O2/c1-29(20(30)31-2)15-16(23)27-19(28-17(15)24)14(22)12-7-5-9-25-18(12)26-10-11-6-3-4-8-13(11)21/h3-9H,10,22H2,1-2H3,(H4,23,24,27,28)/i5D,7D,9D,10D2. The van der Waals surface area contributed by atoms with Crippen LogP contribution >= 0.6 is 0 Å². The highest BCUT2D eigenvalue weighted by molar-refractivity contribution is 6.13. The van der Waals surface area contributed by atoms with Crippen LogP contribution in [-0.4, -0.2) is 42.2 Å². The number of nitrogens with two attached hydrogens (primary N) is 3. The molecule has 160 valence electrons. The number of aliphatic imine (C=N–C) groups is 2. The number of allylic oxidation sites excluding steroid dienone is 1. The monoisotopic (exact) mass is 429 g/mol. The van der Waals surface area contributed by atoms with Gasteiger partial charge in [-0.15, -0.1) is 0 Å². The molecule has 0 unspecified atom stereocenters. The lowest BCUT2D eigenvalue weighted by atomic mass is 10.1. The lowest BCUT2D eigenvalue weighted by Gasteiger charge is -2.19. The summed E-state index contributed by atoms with van der Waals surface area (Å²) in [6.07, 6.45) is -1.49. The highest BCUT2D eigenvalue weighted by Gasteiger charge is 2.22. The molecule has 1 amide bonds. The number of aromatic nitrogens is 2. The molecular weight excluding hydrogens is 403 g/mol. The number of methoxy groups -OCH3 is 1. The highest BCUT2D eigenvalue weighted by atomic mass is 19.1. The van der Waals surface area contributed by atoms with Crippen LogP contribution in [0.15, 0.2) is 51.9 Å². The van der Waals surface area contributed by atoms with Gasteiger partial charge in [-0.25, -0.2) is 24.1 Å². The van der Waals surface area contributed by atoms with Crippen molar-refractivity contribution < 1.29 is 20.8 Å². The molecule has 0 saturated heterocycles. The maximum atomic E-state index is 14.3. The number of carbonyl (C=O) groups is 1. The van der Waals surface area contributed by atoms with Crippen molar-refractivity contribution in [3.05, 3.63) is 59.1 Å². The van der Waals surface area contributed by atoms with Crippen molar-refractivity contribution in [3.8, 4) is 0 Å². The topological polar surface area (TPSA) is 158 Å². The van der Waals surface area contributed by atoms with Gasteiger partial charge in [0.2, 0.25) is 0 Å². The summed E-state index contributed by atoms with van der Waals surface area (Å²) in [5.41, 5.74) is 16.8. The first-order valence-corrected chi connectivity index (χ1v) is 8.63. The summed E-state index contributed by atoms with van der Waals surface area (Å²) in [7, 11) is 2.46. The number of hydrogen-bond donors (Lipinski definition) is 3. The minimum atomic E-state index is -2.69. The van der Waals surface area contributed by atoms with Gasteiger partial charge >= 0.3 is 6.09 Å². The predicted molar refractivity (Wildman–Crippen MR) is 118 cm³/mol. The van der Waals surface area contributed by atoms with Gasteiger partial charge in [0.15, 0.2) is 23.3 Å². The number of rotatable bonds is 4. The van der Waals surface area contributed by atoms with Crippen LogP contribution < -0.4 is 22.1 Å². The van der Waals surface area contributed by atoms with Crippen molar-refractivity contribution >= 4 is 41.1 Å². The molecule has 1 aliphatic rings. The molecule has 0 radical (unpaired) electrons. The van der Waals surface area contributed by atoms with Crippen LogP contribution in [0.4, 0.5) is 26.5 Å². The summed E-state index contributed by atoms with van der Waals surface area (Å²) < 4.78 is 59.5. The number of carbonyl (C=O) groups excluding carboxylic acids is 1. The number of ether oxygens (including phenoxy) is 1. The third-order valence-electron chi connectivity index (χ3n) is 4.02. The molecule has 10 nitrogen and oxygen atoms in total. The van der Waals surface area contributed by atoms with Crippen molar-refractivity contribution in [3.63, 3.8) is 0 Å². The first-order valence-electron chi connectivity index (χ1n) is 11.1. The Labute approximate surface area is 184 Å². The fraction of sp³-hybridized carbons (Fsp3) is 0.150. The second-order valence-corrected chi connectivity index (χ2v) is 5.98. The molecule has 1 aromatic carbocycles. The molecule has 6 N–H and O–H groups in total. The first kappa shape index (κ1) is 15.5. The second-order valence-electron chi connectivity index (χ2n) is 5.98. The molecule has 2 heterocycles. The molecule has 1 aliphatic heterocycles. The maximum absolute atomic E-state index is 14.3. The van der Waals surface area contributed by atoms with Crippen LogP contribution in [0.5, 0.6) is 0 Å². The van der Waals surface area contributed by atoms with E-state index >= 15 is 0 Å². The van der Waals surface area contributed by atoms with Gasteiger partial charge in [-0.05, 0) is 18.2 Å². The Morgan fingerprint density at radius 3 is 2.65 bits per heavy atom. The van der Waals surface area contributed by atoms with Gasteiger partial charge < -0.3 is 21.9 Å². The molecular formula is C20H21FN8O2. The average molecular weight is 429 g/mol. The smallest absolute Gasteiger partial charge is 0.413 e. The number of nitrogen functional groups attached to an aromatic ring is 2. The van der Waals surface area contributed by atoms with E-state index in [1.54, 1.807) is 0 Å². The van der Waals surface area contributed by atoms with Gasteiger partial charge in [-0.3, -0.25) is 9.89 Å². The third-order valence-corrected chi connectivity index (χ3v) is 4.02. The number of hydrogen-bond acceptors (Lipinski definition) is 8.